The summed E-state index contributed by atoms with van der Waals surface area (Å²) in [5.74, 6) is 1.61. The summed E-state index contributed by atoms with van der Waals surface area (Å²) in [5.41, 5.74) is 4.17. The fraction of sp³-hybridized carbons (Fsp3) is 0.714. The minimum Gasteiger partial charge on any atom is -0.297 e. The molecule has 2 rings (SSSR count). The van der Waals surface area contributed by atoms with Gasteiger partial charge in [-0.25, -0.2) is 0 Å². The third-order valence-electron chi connectivity index (χ3n) is 3.96. The second-order valence-corrected chi connectivity index (χ2v) is 4.84. The molecule has 0 aromatic heterocycles. The summed E-state index contributed by atoms with van der Waals surface area (Å²) in [4.78, 5) is 8.24. The largest absolute Gasteiger partial charge is 0.297 e. The van der Waals surface area contributed by atoms with E-state index in [1.807, 2.05) is 14.1 Å². The van der Waals surface area contributed by atoms with Crippen LogP contribution in [0.25, 0.3) is 0 Å². The molecule has 0 heterocycles. The molecule has 0 spiro atoms. The van der Waals surface area contributed by atoms with E-state index >= 15 is 0 Å². The summed E-state index contributed by atoms with van der Waals surface area (Å²) < 4.78 is 0. The molecule has 0 saturated heterocycles. The molecule has 0 radical (unpaired) electrons. The van der Waals surface area contributed by atoms with Crippen molar-refractivity contribution in [2.45, 2.75) is 40.5 Å². The van der Waals surface area contributed by atoms with Crippen molar-refractivity contribution in [3.05, 3.63) is 16.5 Å². The van der Waals surface area contributed by atoms with Crippen LogP contribution in [0.3, 0.4) is 0 Å². The minimum absolute atomic E-state index is 0.745. The van der Waals surface area contributed by atoms with Crippen LogP contribution in [0, 0.1) is 25.7 Å². The first-order valence-corrected chi connectivity index (χ1v) is 6.13. The third-order valence-corrected chi connectivity index (χ3v) is 3.96. The number of aliphatic imine (C=N–C) groups is 1. The lowest BCUT2D eigenvalue weighted by molar-refractivity contribution is 0.510. The van der Waals surface area contributed by atoms with Crippen LogP contribution in [0.2, 0.25) is 0 Å². The highest BCUT2D eigenvalue weighted by molar-refractivity contribution is 5.88. The SMILES string of the molecule is CN=C1CCC(C)C1C.CN=c1c(C)c1C. The van der Waals surface area contributed by atoms with Gasteiger partial charge in [-0.05, 0) is 49.7 Å². The number of rotatable bonds is 0. The van der Waals surface area contributed by atoms with Crippen LogP contribution in [0.1, 0.15) is 37.8 Å². The highest BCUT2D eigenvalue weighted by atomic mass is 14.7. The Balaban J connectivity index is 0.000000165. The summed E-state index contributed by atoms with van der Waals surface area (Å²) in [5, 5.41) is 1.22. The molecule has 0 aliphatic heterocycles. The molecular formula is C14H24N2. The lowest BCUT2D eigenvalue weighted by Gasteiger charge is -2.07. The van der Waals surface area contributed by atoms with E-state index in [0.29, 0.717) is 0 Å². The zero-order valence-electron chi connectivity index (χ0n) is 11.5. The molecule has 1 fully saturated rings. The van der Waals surface area contributed by atoms with Crippen LogP contribution < -0.4 is 5.36 Å². The Morgan fingerprint density at radius 2 is 1.56 bits per heavy atom. The van der Waals surface area contributed by atoms with Gasteiger partial charge in [0, 0.05) is 19.8 Å². The second-order valence-electron chi connectivity index (χ2n) is 4.84. The van der Waals surface area contributed by atoms with Gasteiger partial charge in [0.25, 0.3) is 0 Å². The monoisotopic (exact) mass is 220 g/mol. The highest BCUT2D eigenvalue weighted by Gasteiger charge is 2.24. The molecule has 1 aliphatic carbocycles. The molecule has 2 unspecified atom stereocenters. The molecule has 0 bridgehead atoms. The minimum atomic E-state index is 0.745. The topological polar surface area (TPSA) is 24.7 Å². The fourth-order valence-corrected chi connectivity index (χ4v) is 2.22. The lowest BCUT2D eigenvalue weighted by Crippen LogP contribution is -2.07. The van der Waals surface area contributed by atoms with Crippen LogP contribution >= 0.6 is 0 Å². The van der Waals surface area contributed by atoms with Crippen LogP contribution in [0.5, 0.6) is 0 Å². The van der Waals surface area contributed by atoms with Crippen LogP contribution in [0.15, 0.2) is 9.98 Å². The summed E-state index contributed by atoms with van der Waals surface area (Å²) in [6.45, 7) is 8.78. The van der Waals surface area contributed by atoms with Gasteiger partial charge in [0.05, 0.1) is 5.36 Å². The van der Waals surface area contributed by atoms with Crippen molar-refractivity contribution >= 4 is 5.71 Å². The van der Waals surface area contributed by atoms with E-state index in [-0.39, 0.29) is 0 Å². The molecule has 16 heavy (non-hydrogen) atoms. The normalized spacial score (nSPS) is 27.0. The predicted molar refractivity (Wildman–Crippen MR) is 70.7 cm³/mol. The number of hydrogen-bond donors (Lipinski definition) is 0. The molecule has 2 heteroatoms. The first kappa shape index (κ1) is 13.1. The van der Waals surface area contributed by atoms with E-state index in [4.69, 9.17) is 0 Å². The van der Waals surface area contributed by atoms with E-state index in [9.17, 15) is 0 Å². The molecule has 1 saturated carbocycles. The quantitative estimate of drug-likeness (QED) is 0.642. The third kappa shape index (κ3) is 2.81. The Morgan fingerprint density at radius 3 is 1.69 bits per heavy atom. The van der Waals surface area contributed by atoms with Gasteiger partial charge in [0.15, 0.2) is 0 Å². The first-order valence-electron chi connectivity index (χ1n) is 6.13. The smallest absolute Gasteiger partial charge is 0.0635 e. The molecular weight excluding hydrogens is 196 g/mol. The average molecular weight is 220 g/mol. The Bertz CT molecular complexity index is 375. The van der Waals surface area contributed by atoms with Gasteiger partial charge >= 0.3 is 0 Å². The molecule has 2 atom stereocenters. The maximum Gasteiger partial charge on any atom is 0.0635 e. The molecule has 0 amide bonds. The highest BCUT2D eigenvalue weighted by Crippen LogP contribution is 2.28. The summed E-state index contributed by atoms with van der Waals surface area (Å²) in [6.07, 6.45) is 2.58. The predicted octanol–water partition coefficient (Wildman–Crippen LogP) is 2.83. The van der Waals surface area contributed by atoms with E-state index < -0.39 is 0 Å². The van der Waals surface area contributed by atoms with E-state index in [1.54, 1.807) is 0 Å². The van der Waals surface area contributed by atoms with Gasteiger partial charge in [-0.1, -0.05) is 13.8 Å². The molecule has 2 nitrogen and oxygen atoms in total. The van der Waals surface area contributed by atoms with Gasteiger partial charge in [-0.15, -0.1) is 0 Å². The van der Waals surface area contributed by atoms with Gasteiger partial charge in [-0.2, -0.15) is 0 Å². The maximum absolute atomic E-state index is 4.24. The summed E-state index contributed by atoms with van der Waals surface area (Å²) in [7, 11) is 3.74. The van der Waals surface area contributed by atoms with Gasteiger partial charge in [0.2, 0.25) is 0 Å². The molecule has 1 aromatic carbocycles. The molecule has 1 aromatic rings. The zero-order valence-corrected chi connectivity index (χ0v) is 11.5. The van der Waals surface area contributed by atoms with E-state index in [2.05, 4.69) is 37.7 Å². The van der Waals surface area contributed by atoms with Crippen molar-refractivity contribution < 1.29 is 0 Å². The molecule has 0 N–H and O–H groups in total. The zero-order chi connectivity index (χ0) is 12.3. The van der Waals surface area contributed by atoms with Crippen LogP contribution in [-0.4, -0.2) is 19.8 Å². The average Bonchev–Trinajstić information content (AvgIpc) is 2.71. The van der Waals surface area contributed by atoms with Crippen molar-refractivity contribution in [2.75, 3.05) is 14.1 Å². The van der Waals surface area contributed by atoms with Gasteiger partial charge in [0.1, 0.15) is 0 Å². The number of nitrogens with zero attached hydrogens (tertiary/aromatic N) is 2. The summed E-state index contributed by atoms with van der Waals surface area (Å²) >= 11 is 0. The van der Waals surface area contributed by atoms with Crippen LogP contribution in [-0.2, 0) is 0 Å². The van der Waals surface area contributed by atoms with Crippen LogP contribution in [0.4, 0.5) is 0 Å². The standard InChI is InChI=1S/C8H15N.C6H9N/c1-6-4-5-8(9-3)7(6)2;1-4-5(2)6(4)7-3/h6-7H,4-5H2,1-3H3;1-3H3. The van der Waals surface area contributed by atoms with Crippen molar-refractivity contribution in [1.29, 1.82) is 0 Å². The summed E-state index contributed by atoms with van der Waals surface area (Å²) in [6, 6.07) is 0. The Morgan fingerprint density at radius 1 is 1.00 bits per heavy atom. The maximum atomic E-state index is 4.24. The Labute approximate surface area is 99.2 Å². The fourth-order valence-electron chi connectivity index (χ4n) is 2.22. The van der Waals surface area contributed by atoms with Gasteiger partial charge in [-0.3, -0.25) is 9.98 Å². The second kappa shape index (κ2) is 5.42. The van der Waals surface area contributed by atoms with Crippen molar-refractivity contribution in [2.24, 2.45) is 21.8 Å². The van der Waals surface area contributed by atoms with E-state index in [1.165, 1.54) is 35.0 Å². The van der Waals surface area contributed by atoms with Gasteiger partial charge < -0.3 is 0 Å². The number of hydrogen-bond acceptors (Lipinski definition) is 2. The Kier molecular flexibility index (Phi) is 4.45. The van der Waals surface area contributed by atoms with Crippen molar-refractivity contribution in [3.63, 3.8) is 0 Å². The first-order chi connectivity index (χ1) is 7.52. The Hall–Kier alpha value is -0.920. The van der Waals surface area contributed by atoms with E-state index in [0.717, 1.165) is 11.8 Å². The lowest BCUT2D eigenvalue weighted by atomic mass is 10.00. The van der Waals surface area contributed by atoms with Crippen molar-refractivity contribution in [3.8, 4) is 0 Å². The molecule has 1 aliphatic rings. The molecule has 90 valence electrons. The van der Waals surface area contributed by atoms with Crippen molar-refractivity contribution in [1.82, 2.24) is 0 Å².